The highest BCUT2D eigenvalue weighted by molar-refractivity contribution is 9.08. The average Bonchev–Trinajstić information content (AvgIpc) is 3.33. The van der Waals surface area contributed by atoms with E-state index in [2.05, 4.69) is 98.1 Å². The van der Waals surface area contributed by atoms with E-state index in [0.717, 1.165) is 68.2 Å². The minimum atomic E-state index is -0.164. The maximum absolute atomic E-state index is 13.9. The lowest BCUT2D eigenvalue weighted by Crippen LogP contribution is -2.47. The summed E-state index contributed by atoms with van der Waals surface area (Å²) in [4.78, 5) is 32.5. The molecule has 2 aliphatic heterocycles. The Morgan fingerprint density at radius 2 is 1.70 bits per heavy atom. The smallest absolute Gasteiger partial charge is 0.320 e. The molecule has 2 saturated heterocycles. The lowest BCUT2D eigenvalue weighted by Gasteiger charge is -2.34. The van der Waals surface area contributed by atoms with Gasteiger partial charge in [-0.25, -0.2) is 0 Å². The fourth-order valence-electron chi connectivity index (χ4n) is 6.14. The number of esters is 1. The Labute approximate surface area is 265 Å². The molecule has 0 bridgehead atoms. The number of likely N-dealkylation sites (tertiary alicyclic amines) is 1. The van der Waals surface area contributed by atoms with Gasteiger partial charge >= 0.3 is 5.97 Å². The fraction of sp³-hybridized carbons (Fsp3) is 0.559. The number of amidine groups is 1. The van der Waals surface area contributed by atoms with Crippen molar-refractivity contribution < 1.29 is 19.1 Å². The van der Waals surface area contributed by atoms with Crippen LogP contribution in [-0.4, -0.2) is 98.4 Å². The second-order valence-electron chi connectivity index (χ2n) is 12.7. The number of benzene rings is 2. The molecule has 9 heteroatoms. The molecule has 0 N–H and O–H groups in total. The Morgan fingerprint density at radius 3 is 2.33 bits per heavy atom. The first-order valence-corrected chi connectivity index (χ1v) is 16.1. The number of carbonyl (C=O) groups is 2. The first kappa shape index (κ1) is 33.3. The number of hydrogen-bond acceptors (Lipinski definition) is 7. The molecule has 2 aliphatic rings. The third-order valence-electron chi connectivity index (χ3n) is 8.51. The van der Waals surface area contributed by atoms with Crippen LogP contribution in [0.2, 0.25) is 0 Å². The number of nitrogens with zero attached hydrogens (tertiary/aromatic N) is 4. The number of Topliss-reactive ketones (excluding diaryl/α,β-unsaturated/α-hetero) is 1. The Balaban J connectivity index is 1.50. The highest BCUT2D eigenvalue weighted by Gasteiger charge is 2.40. The quantitative estimate of drug-likeness (QED) is 0.227. The zero-order chi connectivity index (χ0) is 31.0. The Morgan fingerprint density at radius 1 is 1.00 bits per heavy atom. The number of carbonyl (C=O) groups excluding carboxylic acids is 2. The minimum Gasteiger partial charge on any atom is -0.465 e. The maximum Gasteiger partial charge on any atom is 0.320 e. The lowest BCUT2D eigenvalue weighted by atomic mass is 9.84. The molecule has 4 rings (SSSR count). The van der Waals surface area contributed by atoms with Crippen molar-refractivity contribution in [1.29, 1.82) is 0 Å². The summed E-state index contributed by atoms with van der Waals surface area (Å²) in [5, 5.41) is 0. The van der Waals surface area contributed by atoms with Gasteiger partial charge in [0.25, 0.3) is 0 Å². The predicted octanol–water partition coefficient (Wildman–Crippen LogP) is 5.31. The summed E-state index contributed by atoms with van der Waals surface area (Å²) in [5.41, 5.74) is 4.16. The highest BCUT2D eigenvalue weighted by atomic mass is 79.9. The van der Waals surface area contributed by atoms with Crippen molar-refractivity contribution >= 4 is 33.7 Å². The number of halogens is 1. The number of ketones is 1. The van der Waals surface area contributed by atoms with Crippen molar-refractivity contribution in [3.05, 3.63) is 70.8 Å². The molecule has 8 nitrogen and oxygen atoms in total. The number of methoxy groups -OCH3 is 1. The largest absolute Gasteiger partial charge is 0.465 e. The molecule has 2 atom stereocenters. The molecular formula is C34H47BrN4O4. The van der Waals surface area contributed by atoms with E-state index in [0.29, 0.717) is 25.7 Å². The third kappa shape index (κ3) is 8.97. The van der Waals surface area contributed by atoms with Crippen LogP contribution in [0, 0.1) is 5.92 Å². The molecule has 0 amide bonds. The van der Waals surface area contributed by atoms with Crippen LogP contribution in [0.4, 0.5) is 0 Å². The zero-order valence-electron chi connectivity index (χ0n) is 26.4. The Hall–Kier alpha value is -2.59. The van der Waals surface area contributed by atoms with Crippen molar-refractivity contribution in [2.45, 2.75) is 52.0 Å². The normalized spacial score (nSPS) is 21.0. The van der Waals surface area contributed by atoms with E-state index in [4.69, 9.17) is 9.47 Å². The fourth-order valence-corrected chi connectivity index (χ4v) is 6.59. The molecule has 0 radical (unpaired) electrons. The van der Waals surface area contributed by atoms with Crippen LogP contribution in [0.15, 0.2) is 52.5 Å². The summed E-state index contributed by atoms with van der Waals surface area (Å²) in [6.07, 6.45) is 0.892. The Bertz CT molecular complexity index is 1250. The summed E-state index contributed by atoms with van der Waals surface area (Å²) < 4.78 is 15.1. The van der Waals surface area contributed by atoms with Gasteiger partial charge in [-0.3, -0.25) is 19.4 Å². The number of hydrogen-bond donors (Lipinski definition) is 0. The van der Waals surface area contributed by atoms with Gasteiger partial charge in [-0.05, 0) is 53.5 Å². The molecule has 2 aromatic carbocycles. The van der Waals surface area contributed by atoms with Crippen LogP contribution in [0.5, 0.6) is 0 Å². The average molecular weight is 656 g/mol. The predicted molar refractivity (Wildman–Crippen MR) is 175 cm³/mol. The van der Waals surface area contributed by atoms with Gasteiger partial charge in [0.2, 0.25) is 0 Å². The molecular weight excluding hydrogens is 608 g/mol. The molecule has 2 heterocycles. The number of ether oxygens (including phenoxy) is 2. The number of piperazine rings is 1. The monoisotopic (exact) mass is 654 g/mol. The molecule has 0 spiro atoms. The van der Waals surface area contributed by atoms with Crippen LogP contribution >= 0.6 is 16.1 Å². The van der Waals surface area contributed by atoms with Gasteiger partial charge < -0.3 is 14.4 Å². The zero-order valence-corrected chi connectivity index (χ0v) is 27.9. The van der Waals surface area contributed by atoms with Crippen molar-refractivity contribution in [2.75, 3.05) is 66.1 Å². The van der Waals surface area contributed by atoms with Gasteiger partial charge in [-0.15, -0.1) is 0 Å². The summed E-state index contributed by atoms with van der Waals surface area (Å²) in [6.45, 7) is 15.0. The summed E-state index contributed by atoms with van der Waals surface area (Å²) in [5.74, 6) is 1.23. The number of rotatable bonds is 12. The van der Waals surface area contributed by atoms with Gasteiger partial charge in [0, 0.05) is 64.5 Å². The van der Waals surface area contributed by atoms with E-state index in [1.165, 1.54) is 5.56 Å². The first-order chi connectivity index (χ1) is 20.6. The maximum atomic E-state index is 13.9. The molecule has 2 fully saturated rings. The van der Waals surface area contributed by atoms with E-state index >= 15 is 0 Å². The SMILES string of the molecule is CCOC(=O)CN1CCN(Cc2cc(C(=O)CN3C[C@H](CCOC)[C@@H](c4ccccc4)C3=NBr)cc(C(C)(C)C)c2)CC1. The van der Waals surface area contributed by atoms with Crippen molar-refractivity contribution in [2.24, 2.45) is 9.94 Å². The van der Waals surface area contributed by atoms with Gasteiger partial charge in [0.1, 0.15) is 5.84 Å². The van der Waals surface area contributed by atoms with Gasteiger partial charge in [0.05, 0.1) is 35.8 Å². The molecule has 0 aromatic heterocycles. The van der Waals surface area contributed by atoms with E-state index in [-0.39, 0.29) is 29.6 Å². The van der Waals surface area contributed by atoms with E-state index in [1.54, 1.807) is 7.11 Å². The molecule has 43 heavy (non-hydrogen) atoms. The van der Waals surface area contributed by atoms with Crippen molar-refractivity contribution in [1.82, 2.24) is 14.7 Å². The van der Waals surface area contributed by atoms with Crippen molar-refractivity contribution in [3.63, 3.8) is 0 Å². The Kier molecular flexibility index (Phi) is 11.9. The van der Waals surface area contributed by atoms with Crippen LogP contribution in [-0.2, 0) is 26.2 Å². The van der Waals surface area contributed by atoms with Crippen LogP contribution < -0.4 is 0 Å². The molecule has 234 valence electrons. The summed E-state index contributed by atoms with van der Waals surface area (Å²) >= 11 is 3.39. The topological polar surface area (TPSA) is 74.7 Å². The van der Waals surface area contributed by atoms with Crippen molar-refractivity contribution in [3.8, 4) is 0 Å². The minimum absolute atomic E-state index is 0.0941. The second-order valence-corrected chi connectivity index (χ2v) is 13.1. The molecule has 0 aliphatic carbocycles. The van der Waals surface area contributed by atoms with Gasteiger partial charge in [0.15, 0.2) is 5.78 Å². The molecule has 2 aromatic rings. The van der Waals surface area contributed by atoms with Gasteiger partial charge in [-0.2, -0.15) is 4.02 Å². The van der Waals surface area contributed by atoms with Crippen LogP contribution in [0.3, 0.4) is 0 Å². The standard InChI is InChI=1S/C34H47BrN4O4/c1-6-43-31(41)24-38-15-13-37(14-16-38)21-25-18-28(20-29(19-25)34(2,3)4)30(40)23-39-22-27(12-17-42-5)32(33(39)36-35)26-10-8-7-9-11-26/h7-11,18-20,27,32H,6,12-17,21-24H2,1-5H3/t27-,32+/m0/s1. The molecule has 0 unspecified atom stereocenters. The highest BCUT2D eigenvalue weighted by Crippen LogP contribution is 2.37. The summed E-state index contributed by atoms with van der Waals surface area (Å²) in [7, 11) is 1.73. The summed E-state index contributed by atoms with van der Waals surface area (Å²) in [6, 6.07) is 16.8. The van der Waals surface area contributed by atoms with E-state index < -0.39 is 0 Å². The van der Waals surface area contributed by atoms with Gasteiger partial charge in [-0.1, -0.05) is 57.2 Å². The molecule has 0 saturated carbocycles. The first-order valence-electron chi connectivity index (χ1n) is 15.4. The van der Waals surface area contributed by atoms with E-state index in [1.807, 2.05) is 13.0 Å². The third-order valence-corrected chi connectivity index (χ3v) is 8.87. The van der Waals surface area contributed by atoms with E-state index in [9.17, 15) is 9.59 Å². The van der Waals surface area contributed by atoms with Crippen LogP contribution in [0.1, 0.15) is 67.1 Å². The van der Waals surface area contributed by atoms with Crippen LogP contribution in [0.25, 0.3) is 0 Å². The lowest BCUT2D eigenvalue weighted by molar-refractivity contribution is -0.144. The second kappa shape index (κ2) is 15.4.